The lowest BCUT2D eigenvalue weighted by atomic mass is 10.1. The summed E-state index contributed by atoms with van der Waals surface area (Å²) in [7, 11) is 0. The Morgan fingerprint density at radius 2 is 2.04 bits per heavy atom. The molecule has 1 aromatic heterocycles. The molecule has 0 aliphatic carbocycles. The van der Waals surface area contributed by atoms with Crippen molar-refractivity contribution in [3.8, 4) is 0 Å². The molecule has 2 aromatic rings. The Morgan fingerprint density at radius 3 is 2.68 bits per heavy atom. The number of amidine groups is 1. The molecule has 3 rings (SSSR count). The van der Waals surface area contributed by atoms with Crippen LogP contribution in [-0.2, 0) is 14.5 Å². The van der Waals surface area contributed by atoms with E-state index in [4.69, 9.17) is 4.42 Å². The molecule has 1 atom stereocenters. The van der Waals surface area contributed by atoms with Gasteiger partial charge in [0.25, 0.3) is 0 Å². The molecule has 7 nitrogen and oxygen atoms in total. The van der Waals surface area contributed by atoms with Crippen molar-refractivity contribution < 1.29 is 14.0 Å². The monoisotopic (exact) mass is 423 g/mol. The number of benzene rings is 1. The van der Waals surface area contributed by atoms with Gasteiger partial charge in [0.2, 0.25) is 11.8 Å². The first-order valence-electron chi connectivity index (χ1n) is 7.30. The molecule has 2 heterocycles. The molecular formula is C16H14BrN3O4S. The molecule has 0 spiro atoms. The lowest BCUT2D eigenvalue weighted by molar-refractivity contribution is -0.131. The smallest absolute Gasteiger partial charge is 0.342 e. The zero-order valence-corrected chi connectivity index (χ0v) is 16.0. The molecule has 130 valence electrons. The number of nitrogens with zero attached hydrogens (tertiary/aromatic N) is 2. The highest BCUT2D eigenvalue weighted by Gasteiger charge is 2.46. The molecule has 0 saturated carbocycles. The Morgan fingerprint density at radius 1 is 1.32 bits per heavy atom. The van der Waals surface area contributed by atoms with Gasteiger partial charge in [-0.2, -0.15) is 0 Å². The summed E-state index contributed by atoms with van der Waals surface area (Å²) in [6, 6.07) is 6.97. The summed E-state index contributed by atoms with van der Waals surface area (Å²) >= 11 is 4.49. The van der Waals surface area contributed by atoms with Crippen LogP contribution in [0.4, 0.5) is 0 Å². The minimum Gasteiger partial charge on any atom is -0.422 e. The largest absolute Gasteiger partial charge is 0.422 e. The fourth-order valence-corrected chi connectivity index (χ4v) is 4.18. The average molecular weight is 424 g/mol. The maximum absolute atomic E-state index is 12.5. The average Bonchev–Trinajstić information content (AvgIpc) is 2.84. The van der Waals surface area contributed by atoms with Crippen molar-refractivity contribution >= 4 is 55.6 Å². The minimum atomic E-state index is -1.12. The van der Waals surface area contributed by atoms with Gasteiger partial charge in [-0.05, 0) is 31.2 Å². The van der Waals surface area contributed by atoms with E-state index in [1.54, 1.807) is 25.1 Å². The zero-order chi connectivity index (χ0) is 18.4. The van der Waals surface area contributed by atoms with Crippen LogP contribution in [0.5, 0.6) is 0 Å². The second-order valence-electron chi connectivity index (χ2n) is 5.63. The molecule has 0 fully saturated rings. The number of carbonyl (C=O) groups is 2. The highest BCUT2D eigenvalue weighted by molar-refractivity contribution is 9.10. The Labute approximate surface area is 155 Å². The number of carbonyl (C=O) groups excluding carboxylic acids is 2. The molecule has 0 saturated heterocycles. The number of hydrogen-bond donors (Lipinski definition) is 1. The number of fused-ring (bicyclic) bond motifs is 1. The van der Waals surface area contributed by atoms with Crippen LogP contribution in [0.3, 0.4) is 0 Å². The van der Waals surface area contributed by atoms with Crippen LogP contribution in [0.25, 0.3) is 11.0 Å². The molecule has 1 N–H and O–H groups in total. The molecule has 2 amide bonds. The first-order valence-corrected chi connectivity index (χ1v) is 8.91. The van der Waals surface area contributed by atoms with Crippen LogP contribution >= 0.6 is 27.7 Å². The number of thioether (sulfide) groups is 1. The highest BCUT2D eigenvalue weighted by Crippen LogP contribution is 2.44. The maximum Gasteiger partial charge on any atom is 0.342 e. The van der Waals surface area contributed by atoms with E-state index in [2.05, 4.69) is 26.3 Å². The second-order valence-corrected chi connectivity index (χ2v) is 7.93. The quantitative estimate of drug-likeness (QED) is 0.711. The lowest BCUT2D eigenvalue weighted by Gasteiger charge is -2.29. The Hall–Kier alpha value is -2.13. The van der Waals surface area contributed by atoms with Crippen molar-refractivity contribution in [3.63, 3.8) is 0 Å². The van der Waals surface area contributed by atoms with Crippen LogP contribution in [0, 0.1) is 0 Å². The van der Waals surface area contributed by atoms with Gasteiger partial charge < -0.3 is 9.73 Å². The summed E-state index contributed by atoms with van der Waals surface area (Å²) in [5.41, 5.74) is 0.152. The lowest BCUT2D eigenvalue weighted by Crippen LogP contribution is -2.40. The zero-order valence-electron chi connectivity index (χ0n) is 13.6. The number of hydrogen-bond acceptors (Lipinski definition) is 6. The van der Waals surface area contributed by atoms with E-state index in [0.717, 1.165) is 16.2 Å². The number of nitrogens with one attached hydrogen (secondary N) is 1. The summed E-state index contributed by atoms with van der Waals surface area (Å²) in [4.78, 5) is 34.8. The van der Waals surface area contributed by atoms with Crippen LogP contribution in [0.2, 0.25) is 0 Å². The van der Waals surface area contributed by atoms with Crippen molar-refractivity contribution in [3.05, 3.63) is 44.7 Å². The van der Waals surface area contributed by atoms with Gasteiger partial charge in [-0.15, -0.1) is 5.10 Å². The van der Waals surface area contributed by atoms with E-state index >= 15 is 0 Å². The van der Waals surface area contributed by atoms with E-state index in [9.17, 15) is 14.4 Å². The summed E-state index contributed by atoms with van der Waals surface area (Å²) in [6.07, 6.45) is 0. The van der Waals surface area contributed by atoms with Crippen LogP contribution in [0.1, 0.15) is 26.3 Å². The third-order valence-electron chi connectivity index (χ3n) is 3.67. The van der Waals surface area contributed by atoms with Gasteiger partial charge in [0.1, 0.15) is 10.5 Å². The summed E-state index contributed by atoms with van der Waals surface area (Å²) in [5, 5.41) is 8.83. The SMILES string of the molecule is CC(=O)NC1=NN(C(C)=O)C(C)(c2cc3cc(Br)ccc3oc2=O)S1. The predicted molar refractivity (Wildman–Crippen MR) is 98.9 cm³/mol. The number of rotatable bonds is 1. The second kappa shape index (κ2) is 6.30. The Balaban J connectivity index is 2.14. The summed E-state index contributed by atoms with van der Waals surface area (Å²) < 4.78 is 6.24. The van der Waals surface area contributed by atoms with E-state index in [-0.39, 0.29) is 22.5 Å². The van der Waals surface area contributed by atoms with Crippen molar-refractivity contribution in [1.29, 1.82) is 0 Å². The molecular weight excluding hydrogens is 410 g/mol. The van der Waals surface area contributed by atoms with Crippen LogP contribution in [-0.4, -0.2) is 22.0 Å². The number of hydrazone groups is 1. The molecule has 1 unspecified atom stereocenters. The fourth-order valence-electron chi connectivity index (χ4n) is 2.60. The highest BCUT2D eigenvalue weighted by atomic mass is 79.9. The van der Waals surface area contributed by atoms with Gasteiger partial charge in [-0.25, -0.2) is 9.80 Å². The number of halogens is 1. The molecule has 9 heteroatoms. The van der Waals surface area contributed by atoms with Crippen molar-refractivity contribution in [2.75, 3.05) is 0 Å². The molecule has 1 aliphatic heterocycles. The molecule has 0 radical (unpaired) electrons. The van der Waals surface area contributed by atoms with Crippen LogP contribution < -0.4 is 10.9 Å². The van der Waals surface area contributed by atoms with Crippen molar-refractivity contribution in [2.45, 2.75) is 25.6 Å². The third-order valence-corrected chi connectivity index (χ3v) is 5.33. The fraction of sp³-hybridized carbons (Fsp3) is 0.250. The minimum absolute atomic E-state index is 0.249. The van der Waals surface area contributed by atoms with Gasteiger partial charge in [0, 0.05) is 23.7 Å². The first-order chi connectivity index (χ1) is 11.7. The maximum atomic E-state index is 12.5. The Kier molecular flexibility index (Phi) is 4.46. The van der Waals surface area contributed by atoms with Crippen molar-refractivity contribution in [2.24, 2.45) is 5.10 Å². The van der Waals surface area contributed by atoms with E-state index in [1.165, 1.54) is 18.9 Å². The van der Waals surface area contributed by atoms with Gasteiger partial charge >= 0.3 is 5.63 Å². The normalized spacial score (nSPS) is 19.8. The van der Waals surface area contributed by atoms with Gasteiger partial charge in [-0.3, -0.25) is 9.59 Å². The van der Waals surface area contributed by atoms with E-state index in [0.29, 0.717) is 11.0 Å². The van der Waals surface area contributed by atoms with E-state index in [1.807, 2.05) is 6.07 Å². The van der Waals surface area contributed by atoms with E-state index < -0.39 is 10.5 Å². The topological polar surface area (TPSA) is 92.0 Å². The van der Waals surface area contributed by atoms with Gasteiger partial charge in [-0.1, -0.05) is 27.7 Å². The summed E-state index contributed by atoms with van der Waals surface area (Å²) in [5.74, 6) is -0.669. The van der Waals surface area contributed by atoms with Crippen molar-refractivity contribution in [1.82, 2.24) is 10.3 Å². The first kappa shape index (κ1) is 17.7. The number of amides is 2. The predicted octanol–water partition coefficient (Wildman–Crippen LogP) is 2.73. The van der Waals surface area contributed by atoms with Gasteiger partial charge in [0.05, 0.1) is 5.56 Å². The molecule has 0 bridgehead atoms. The van der Waals surface area contributed by atoms with Crippen LogP contribution in [0.15, 0.2) is 43.1 Å². The third kappa shape index (κ3) is 3.21. The molecule has 1 aromatic carbocycles. The standard InChI is InChI=1S/C16H14BrN3O4S/c1-8(21)18-15-19-20(9(2)22)16(3,25-15)12-7-10-6-11(17)4-5-13(10)24-14(12)23/h4-7H,1-3H3,(H,18,19,21). The van der Waals surface area contributed by atoms with Gasteiger partial charge in [0.15, 0.2) is 5.17 Å². The molecule has 1 aliphatic rings. The molecule has 25 heavy (non-hydrogen) atoms. The summed E-state index contributed by atoms with van der Waals surface area (Å²) in [6.45, 7) is 4.38. The Bertz CT molecular complexity index is 987.